The highest BCUT2D eigenvalue weighted by Gasteiger charge is 2.20. The summed E-state index contributed by atoms with van der Waals surface area (Å²) in [4.78, 5) is 26.8. The normalized spacial score (nSPS) is 12.2. The van der Waals surface area contributed by atoms with Crippen molar-refractivity contribution in [1.82, 2.24) is 4.98 Å². The molecule has 1 unspecified atom stereocenters. The fraction of sp³-hybridized carbons (Fsp3) is 0.583. The Labute approximate surface area is 116 Å². The molecule has 3 N–H and O–H groups in total. The molecule has 1 atom stereocenters. The summed E-state index contributed by atoms with van der Waals surface area (Å²) in [6.07, 6.45) is 0.134. The quantitative estimate of drug-likeness (QED) is 0.733. The fourth-order valence-corrected chi connectivity index (χ4v) is 2.26. The smallest absolute Gasteiger partial charge is 0.311 e. The van der Waals surface area contributed by atoms with E-state index >= 15 is 0 Å². The molecule has 19 heavy (non-hydrogen) atoms. The molecule has 106 valence electrons. The molecule has 0 aliphatic rings. The largest absolute Gasteiger partial charge is 0.466 e. The topological polar surface area (TPSA) is 94.3 Å². The van der Waals surface area contributed by atoms with Crippen molar-refractivity contribution in [2.24, 2.45) is 11.7 Å². The van der Waals surface area contributed by atoms with Gasteiger partial charge >= 0.3 is 5.97 Å². The zero-order valence-electron chi connectivity index (χ0n) is 11.3. The molecule has 0 spiro atoms. The average Bonchev–Trinajstić information content (AvgIpc) is 2.72. The lowest BCUT2D eigenvalue weighted by atomic mass is 10.0. The molecule has 1 amide bonds. The maximum atomic E-state index is 11.3. The van der Waals surface area contributed by atoms with Crippen LogP contribution >= 0.6 is 11.3 Å². The predicted molar refractivity (Wildman–Crippen MR) is 73.9 cm³/mol. The third-order valence-electron chi connectivity index (χ3n) is 2.43. The van der Waals surface area contributed by atoms with Crippen LogP contribution in [0.4, 0.5) is 5.13 Å². The Morgan fingerprint density at radius 3 is 2.74 bits per heavy atom. The van der Waals surface area contributed by atoms with Crippen molar-refractivity contribution in [1.29, 1.82) is 0 Å². The second kappa shape index (κ2) is 7.08. The van der Waals surface area contributed by atoms with Gasteiger partial charge in [-0.25, -0.2) is 4.98 Å². The number of hydrogen-bond donors (Lipinski definition) is 2. The van der Waals surface area contributed by atoms with Gasteiger partial charge in [-0.05, 0) is 12.8 Å². The van der Waals surface area contributed by atoms with E-state index < -0.39 is 11.9 Å². The Hall–Kier alpha value is -1.63. The van der Waals surface area contributed by atoms with Crippen LogP contribution in [0.3, 0.4) is 0 Å². The number of carbonyl (C=O) groups excluding carboxylic acids is 2. The molecule has 1 aromatic rings. The average molecular weight is 285 g/mol. The molecule has 0 bridgehead atoms. The molecule has 0 aromatic carbocycles. The van der Waals surface area contributed by atoms with Crippen LogP contribution in [0.2, 0.25) is 0 Å². The molecule has 1 rings (SSSR count). The van der Waals surface area contributed by atoms with Crippen LogP contribution in [-0.4, -0.2) is 29.5 Å². The van der Waals surface area contributed by atoms with E-state index in [1.54, 1.807) is 12.3 Å². The molecule has 0 saturated carbocycles. The number of thiazole rings is 1. The molecule has 0 aliphatic heterocycles. The van der Waals surface area contributed by atoms with Crippen LogP contribution < -0.4 is 11.1 Å². The molecule has 7 heteroatoms. The number of rotatable bonds is 7. The zero-order chi connectivity index (χ0) is 14.4. The molecular weight excluding hydrogens is 266 g/mol. The van der Waals surface area contributed by atoms with Crippen molar-refractivity contribution >= 4 is 28.3 Å². The molecule has 0 radical (unpaired) electrons. The standard InChI is InChI=1S/C12H19N3O3S/c1-4-18-9(16)5-8-6-19-12(14-8)15-10(7(2)3)11(13)17/h6-7,10H,4-5H2,1-3H3,(H2,13,17)(H,14,15). The number of anilines is 1. The van der Waals surface area contributed by atoms with E-state index in [1.165, 1.54) is 11.3 Å². The highest BCUT2D eigenvalue weighted by molar-refractivity contribution is 7.13. The predicted octanol–water partition coefficient (Wildman–Crippen LogP) is 1.17. The van der Waals surface area contributed by atoms with Crippen molar-refractivity contribution in [3.05, 3.63) is 11.1 Å². The van der Waals surface area contributed by atoms with E-state index in [-0.39, 0.29) is 18.3 Å². The lowest BCUT2D eigenvalue weighted by Crippen LogP contribution is -2.39. The summed E-state index contributed by atoms with van der Waals surface area (Å²) in [5, 5.41) is 5.33. The van der Waals surface area contributed by atoms with Gasteiger partial charge in [0.15, 0.2) is 5.13 Å². The maximum absolute atomic E-state index is 11.3. The minimum absolute atomic E-state index is 0.0647. The van der Waals surface area contributed by atoms with Crippen LogP contribution in [0.15, 0.2) is 5.38 Å². The third kappa shape index (κ3) is 4.86. The number of nitrogens with zero attached hydrogens (tertiary/aromatic N) is 1. The summed E-state index contributed by atoms with van der Waals surface area (Å²) in [5.74, 6) is -0.665. The molecule has 6 nitrogen and oxygen atoms in total. The number of hydrogen-bond acceptors (Lipinski definition) is 6. The first-order chi connectivity index (χ1) is 8.93. The van der Waals surface area contributed by atoms with Gasteiger partial charge in [-0.2, -0.15) is 0 Å². The van der Waals surface area contributed by atoms with Gasteiger partial charge in [0.25, 0.3) is 0 Å². The number of carbonyl (C=O) groups is 2. The van der Waals surface area contributed by atoms with E-state index in [9.17, 15) is 9.59 Å². The first kappa shape index (κ1) is 15.4. The van der Waals surface area contributed by atoms with Crippen molar-refractivity contribution in [2.45, 2.75) is 33.2 Å². The highest BCUT2D eigenvalue weighted by atomic mass is 32.1. The lowest BCUT2D eigenvalue weighted by Gasteiger charge is -2.17. The van der Waals surface area contributed by atoms with Gasteiger partial charge in [-0.1, -0.05) is 13.8 Å². The van der Waals surface area contributed by atoms with E-state index in [1.807, 2.05) is 13.8 Å². The molecule has 0 fully saturated rings. The number of nitrogens with one attached hydrogen (secondary N) is 1. The van der Waals surface area contributed by atoms with E-state index in [4.69, 9.17) is 10.5 Å². The Balaban J connectivity index is 2.64. The second-order valence-electron chi connectivity index (χ2n) is 4.39. The van der Waals surface area contributed by atoms with Crippen molar-refractivity contribution in [3.8, 4) is 0 Å². The molecular formula is C12H19N3O3S. The third-order valence-corrected chi connectivity index (χ3v) is 3.26. The fourth-order valence-electron chi connectivity index (χ4n) is 1.51. The Bertz CT molecular complexity index is 445. The van der Waals surface area contributed by atoms with Crippen molar-refractivity contribution in [2.75, 3.05) is 11.9 Å². The van der Waals surface area contributed by atoms with Crippen LogP contribution in [0.1, 0.15) is 26.5 Å². The molecule has 0 saturated heterocycles. The van der Waals surface area contributed by atoms with Gasteiger partial charge in [0.2, 0.25) is 5.91 Å². The SMILES string of the molecule is CCOC(=O)Cc1csc(NC(C(N)=O)C(C)C)n1. The van der Waals surface area contributed by atoms with E-state index in [0.717, 1.165) is 0 Å². The summed E-state index contributed by atoms with van der Waals surface area (Å²) < 4.78 is 4.84. The number of ether oxygens (including phenoxy) is 1. The number of esters is 1. The Kier molecular flexibility index (Phi) is 5.75. The maximum Gasteiger partial charge on any atom is 0.311 e. The van der Waals surface area contributed by atoms with Gasteiger partial charge in [0.1, 0.15) is 6.04 Å². The van der Waals surface area contributed by atoms with Crippen LogP contribution in [-0.2, 0) is 20.7 Å². The van der Waals surface area contributed by atoms with Crippen LogP contribution in [0.25, 0.3) is 0 Å². The van der Waals surface area contributed by atoms with Gasteiger partial charge in [-0.3, -0.25) is 9.59 Å². The van der Waals surface area contributed by atoms with E-state index in [0.29, 0.717) is 17.4 Å². The molecule has 0 aliphatic carbocycles. The summed E-state index contributed by atoms with van der Waals surface area (Å²) in [5.41, 5.74) is 5.94. The van der Waals surface area contributed by atoms with Crippen molar-refractivity contribution in [3.63, 3.8) is 0 Å². The van der Waals surface area contributed by atoms with Crippen molar-refractivity contribution < 1.29 is 14.3 Å². The lowest BCUT2D eigenvalue weighted by molar-refractivity contribution is -0.142. The number of aromatic nitrogens is 1. The summed E-state index contributed by atoms with van der Waals surface area (Å²) in [6.45, 7) is 5.91. The minimum atomic E-state index is -0.471. The minimum Gasteiger partial charge on any atom is -0.466 e. The number of amides is 1. The van der Waals surface area contributed by atoms with Gasteiger partial charge in [0.05, 0.1) is 18.7 Å². The van der Waals surface area contributed by atoms with Gasteiger partial charge in [-0.15, -0.1) is 11.3 Å². The Morgan fingerprint density at radius 2 is 2.21 bits per heavy atom. The number of nitrogens with two attached hydrogens (primary N) is 1. The summed E-state index contributed by atoms with van der Waals surface area (Å²) in [6, 6.07) is -0.471. The van der Waals surface area contributed by atoms with E-state index in [2.05, 4.69) is 10.3 Å². The highest BCUT2D eigenvalue weighted by Crippen LogP contribution is 2.19. The zero-order valence-corrected chi connectivity index (χ0v) is 12.1. The number of primary amides is 1. The monoisotopic (exact) mass is 285 g/mol. The Morgan fingerprint density at radius 1 is 1.53 bits per heavy atom. The molecule has 1 aromatic heterocycles. The summed E-state index contributed by atoms with van der Waals surface area (Å²) in [7, 11) is 0. The van der Waals surface area contributed by atoms with Gasteiger partial charge < -0.3 is 15.8 Å². The first-order valence-corrected chi connectivity index (χ1v) is 6.97. The summed E-state index contributed by atoms with van der Waals surface area (Å²) >= 11 is 1.33. The first-order valence-electron chi connectivity index (χ1n) is 6.10. The molecule has 1 heterocycles. The van der Waals surface area contributed by atoms with Crippen LogP contribution in [0.5, 0.6) is 0 Å². The van der Waals surface area contributed by atoms with Crippen LogP contribution in [0, 0.1) is 5.92 Å². The second-order valence-corrected chi connectivity index (χ2v) is 5.25. The van der Waals surface area contributed by atoms with Gasteiger partial charge in [0, 0.05) is 5.38 Å².